The number of fused-ring (bicyclic) bond motifs is 1. The zero-order valence-electron chi connectivity index (χ0n) is 28.6. The van der Waals surface area contributed by atoms with Crippen molar-refractivity contribution in [2.75, 3.05) is 9.80 Å². The highest BCUT2D eigenvalue weighted by molar-refractivity contribution is 5.89. The van der Waals surface area contributed by atoms with Crippen LogP contribution in [0.1, 0.15) is 16.7 Å². The molecular formula is C49H38N2. The van der Waals surface area contributed by atoms with Gasteiger partial charge >= 0.3 is 0 Å². The van der Waals surface area contributed by atoms with Crippen LogP contribution < -0.4 is 9.80 Å². The molecular weight excluding hydrogens is 617 g/mol. The van der Waals surface area contributed by atoms with Gasteiger partial charge in [0.1, 0.15) is 0 Å². The van der Waals surface area contributed by atoms with E-state index in [4.69, 9.17) is 0 Å². The first-order valence-corrected chi connectivity index (χ1v) is 17.4. The molecule has 0 spiro atoms. The van der Waals surface area contributed by atoms with E-state index in [-0.39, 0.29) is 0 Å². The Morgan fingerprint density at radius 3 is 1.33 bits per heavy atom. The van der Waals surface area contributed by atoms with Crippen molar-refractivity contribution in [3.8, 4) is 11.1 Å². The monoisotopic (exact) mass is 654 g/mol. The molecule has 0 N–H and O–H groups in total. The summed E-state index contributed by atoms with van der Waals surface area (Å²) in [4.78, 5) is 4.63. The highest BCUT2D eigenvalue weighted by Gasteiger charge is 2.14. The smallest absolute Gasteiger partial charge is 0.0468 e. The van der Waals surface area contributed by atoms with Crippen LogP contribution >= 0.6 is 0 Å². The van der Waals surface area contributed by atoms with Crippen LogP contribution in [0.25, 0.3) is 34.1 Å². The lowest BCUT2D eigenvalue weighted by Crippen LogP contribution is -2.10. The number of anilines is 6. The van der Waals surface area contributed by atoms with Gasteiger partial charge in [-0.2, -0.15) is 0 Å². The molecule has 0 saturated heterocycles. The maximum atomic E-state index is 2.32. The second-order valence-corrected chi connectivity index (χ2v) is 12.8. The molecule has 244 valence electrons. The standard InChI is InChI=1S/C49H38N2/c1-37-11-10-18-48(35-37)51(47-32-25-42(26-33-47)40-12-4-2-5-13-40)46-30-23-39(24-31-46)20-19-38-21-28-45(29-22-38)50(44-16-6-3-7-17-44)49-34-27-41-14-8-9-15-43(41)36-49/h2-36H,1H3/b20-19+. The fourth-order valence-corrected chi connectivity index (χ4v) is 6.65. The molecule has 0 aliphatic carbocycles. The molecule has 0 bridgehead atoms. The minimum absolute atomic E-state index is 1.12. The number of hydrogen-bond acceptors (Lipinski definition) is 2. The van der Waals surface area contributed by atoms with Gasteiger partial charge in [-0.3, -0.25) is 0 Å². The van der Waals surface area contributed by atoms with Crippen LogP contribution in [-0.2, 0) is 0 Å². The van der Waals surface area contributed by atoms with Crippen LogP contribution in [-0.4, -0.2) is 0 Å². The summed E-state index contributed by atoms with van der Waals surface area (Å²) in [6, 6.07) is 71.4. The van der Waals surface area contributed by atoms with Gasteiger partial charge in [-0.25, -0.2) is 0 Å². The molecule has 0 fully saturated rings. The molecule has 51 heavy (non-hydrogen) atoms. The van der Waals surface area contributed by atoms with E-state index in [2.05, 4.69) is 229 Å². The molecule has 0 aromatic heterocycles. The molecule has 0 heterocycles. The van der Waals surface area contributed by atoms with Crippen molar-refractivity contribution >= 4 is 57.0 Å². The number of nitrogens with zero attached hydrogens (tertiary/aromatic N) is 2. The zero-order valence-corrected chi connectivity index (χ0v) is 28.6. The highest BCUT2D eigenvalue weighted by Crippen LogP contribution is 2.38. The largest absolute Gasteiger partial charge is 0.310 e. The van der Waals surface area contributed by atoms with Crippen molar-refractivity contribution in [1.29, 1.82) is 0 Å². The van der Waals surface area contributed by atoms with Crippen molar-refractivity contribution in [1.82, 2.24) is 0 Å². The quantitative estimate of drug-likeness (QED) is 0.143. The van der Waals surface area contributed by atoms with Gasteiger partial charge in [0.15, 0.2) is 0 Å². The van der Waals surface area contributed by atoms with Gasteiger partial charge in [-0.15, -0.1) is 0 Å². The summed E-state index contributed by atoms with van der Waals surface area (Å²) in [5, 5.41) is 2.47. The van der Waals surface area contributed by atoms with Crippen LogP contribution in [0.2, 0.25) is 0 Å². The Balaban J connectivity index is 1.04. The predicted octanol–water partition coefficient (Wildman–Crippen LogP) is 13.9. The van der Waals surface area contributed by atoms with E-state index in [0.29, 0.717) is 0 Å². The van der Waals surface area contributed by atoms with Crippen molar-refractivity contribution in [2.45, 2.75) is 6.92 Å². The van der Waals surface area contributed by atoms with Gasteiger partial charge in [-0.05, 0) is 118 Å². The summed E-state index contributed by atoms with van der Waals surface area (Å²) in [6.45, 7) is 2.14. The first-order valence-electron chi connectivity index (χ1n) is 17.4. The highest BCUT2D eigenvalue weighted by atomic mass is 15.1. The van der Waals surface area contributed by atoms with Crippen LogP contribution in [0.5, 0.6) is 0 Å². The van der Waals surface area contributed by atoms with Gasteiger partial charge in [0.2, 0.25) is 0 Å². The molecule has 0 aliphatic rings. The molecule has 0 amide bonds. The van der Waals surface area contributed by atoms with Gasteiger partial charge in [0, 0.05) is 34.1 Å². The van der Waals surface area contributed by atoms with E-state index in [1.807, 2.05) is 0 Å². The number of hydrogen-bond donors (Lipinski definition) is 0. The predicted molar refractivity (Wildman–Crippen MR) is 219 cm³/mol. The van der Waals surface area contributed by atoms with E-state index in [0.717, 1.165) is 45.3 Å². The molecule has 0 unspecified atom stereocenters. The molecule has 0 saturated carbocycles. The summed E-state index contributed by atoms with van der Waals surface area (Å²) < 4.78 is 0. The number of rotatable bonds is 9. The lowest BCUT2D eigenvalue weighted by molar-refractivity contribution is 1.27. The molecule has 2 heteroatoms. The summed E-state index contributed by atoms with van der Waals surface area (Å²) >= 11 is 0. The number of para-hydroxylation sites is 1. The third-order valence-electron chi connectivity index (χ3n) is 9.27. The minimum atomic E-state index is 1.12. The van der Waals surface area contributed by atoms with Gasteiger partial charge in [0.05, 0.1) is 0 Å². The van der Waals surface area contributed by atoms with Gasteiger partial charge in [0.25, 0.3) is 0 Å². The second kappa shape index (κ2) is 14.5. The summed E-state index contributed by atoms with van der Waals surface area (Å²) in [7, 11) is 0. The van der Waals surface area contributed by atoms with Gasteiger partial charge in [-0.1, -0.05) is 140 Å². The Hall–Kier alpha value is -6.64. The lowest BCUT2D eigenvalue weighted by Gasteiger charge is -2.26. The number of benzene rings is 8. The maximum Gasteiger partial charge on any atom is 0.0468 e. The van der Waals surface area contributed by atoms with E-state index in [1.165, 1.54) is 27.5 Å². The normalized spacial score (nSPS) is 11.2. The summed E-state index contributed by atoms with van der Waals surface area (Å²) in [5.74, 6) is 0. The van der Waals surface area contributed by atoms with Crippen LogP contribution in [0.3, 0.4) is 0 Å². The number of aryl methyl sites for hydroxylation is 1. The fourth-order valence-electron chi connectivity index (χ4n) is 6.65. The van der Waals surface area contributed by atoms with Crippen molar-refractivity contribution < 1.29 is 0 Å². The first-order chi connectivity index (χ1) is 25.2. The molecule has 8 rings (SSSR count). The maximum absolute atomic E-state index is 2.32. The topological polar surface area (TPSA) is 6.48 Å². The second-order valence-electron chi connectivity index (χ2n) is 12.8. The Kier molecular flexibility index (Phi) is 8.96. The Morgan fingerprint density at radius 2 is 0.745 bits per heavy atom. The Morgan fingerprint density at radius 1 is 0.314 bits per heavy atom. The SMILES string of the molecule is Cc1cccc(N(c2ccc(/C=C/c3ccc(N(c4ccccc4)c4ccc5ccccc5c4)cc3)cc2)c2ccc(-c3ccccc3)cc2)c1. The van der Waals surface area contributed by atoms with Crippen molar-refractivity contribution in [3.05, 3.63) is 217 Å². The van der Waals surface area contributed by atoms with Crippen LogP contribution in [0.4, 0.5) is 34.1 Å². The average molecular weight is 655 g/mol. The zero-order chi connectivity index (χ0) is 34.4. The fraction of sp³-hybridized carbons (Fsp3) is 0.0204. The van der Waals surface area contributed by atoms with Crippen molar-refractivity contribution in [3.63, 3.8) is 0 Å². The van der Waals surface area contributed by atoms with E-state index < -0.39 is 0 Å². The molecule has 8 aromatic carbocycles. The van der Waals surface area contributed by atoms with E-state index >= 15 is 0 Å². The van der Waals surface area contributed by atoms with E-state index in [9.17, 15) is 0 Å². The third kappa shape index (κ3) is 7.08. The molecule has 0 aliphatic heterocycles. The summed E-state index contributed by atoms with van der Waals surface area (Å²) in [5.41, 5.74) is 12.7. The Labute approximate surface area is 300 Å². The molecule has 2 nitrogen and oxygen atoms in total. The van der Waals surface area contributed by atoms with E-state index in [1.54, 1.807) is 0 Å². The summed E-state index contributed by atoms with van der Waals surface area (Å²) in [6.07, 6.45) is 4.37. The minimum Gasteiger partial charge on any atom is -0.310 e. The molecule has 8 aromatic rings. The third-order valence-corrected chi connectivity index (χ3v) is 9.27. The lowest BCUT2D eigenvalue weighted by atomic mass is 10.0. The van der Waals surface area contributed by atoms with Gasteiger partial charge < -0.3 is 9.80 Å². The Bertz CT molecular complexity index is 2390. The first kappa shape index (κ1) is 31.6. The van der Waals surface area contributed by atoms with Crippen molar-refractivity contribution in [2.24, 2.45) is 0 Å². The molecule has 0 atom stereocenters. The van der Waals surface area contributed by atoms with Crippen LogP contribution in [0, 0.1) is 6.92 Å². The average Bonchev–Trinajstić information content (AvgIpc) is 3.19. The van der Waals surface area contributed by atoms with Crippen LogP contribution in [0.15, 0.2) is 200 Å². The molecule has 0 radical (unpaired) electrons.